The standard InChI is InChI=1S/C48H64O11SSi/c1-44(2,3)61(33-23-15-10-16-24-33,34-25-17-11-18-26-34)58-39-37-35(29-49-47(57-37)27-19-12-20-28-47)52-43(60-8)40(39)53-42(32-21-13-9-14-22-32)54-41-38-36(55-46(6,7)56-38)30-50-48(41)31-51-45(4,5)59-48/h9-11,13-18,21-26,35-43H,12,19-20,27-31H2,1-8H3/t35-,36-,37-,38-,39+,40+,41+,42+,43-,48-/m1/s1. The molecule has 3 aromatic rings. The zero-order valence-corrected chi connectivity index (χ0v) is 38.7. The summed E-state index contributed by atoms with van der Waals surface area (Å²) in [5.41, 5.74) is 0.324. The highest BCUT2D eigenvalue weighted by Gasteiger charge is 2.65. The van der Waals surface area contributed by atoms with Gasteiger partial charge in [-0.3, -0.25) is 0 Å². The van der Waals surface area contributed by atoms with Crippen LogP contribution >= 0.6 is 11.8 Å². The lowest BCUT2D eigenvalue weighted by Gasteiger charge is -2.56. The third-order valence-corrected chi connectivity index (χ3v) is 19.0. The van der Waals surface area contributed by atoms with Crippen molar-refractivity contribution in [3.63, 3.8) is 0 Å². The molecule has 1 aliphatic carbocycles. The van der Waals surface area contributed by atoms with E-state index in [1.807, 2.05) is 58.0 Å². The first-order valence-corrected chi connectivity index (χ1v) is 25.3. The molecule has 5 aliphatic heterocycles. The second-order valence-electron chi connectivity index (χ2n) is 19.3. The Hall–Kier alpha value is -2.21. The van der Waals surface area contributed by atoms with Crippen LogP contribution in [0.2, 0.25) is 5.04 Å². The molecule has 0 N–H and O–H groups in total. The van der Waals surface area contributed by atoms with Gasteiger partial charge in [0.15, 0.2) is 23.7 Å². The molecule has 3 aromatic carbocycles. The largest absolute Gasteiger partial charge is 0.399 e. The molecule has 13 heteroatoms. The molecule has 0 amide bonds. The Bertz CT molecular complexity index is 1880. The van der Waals surface area contributed by atoms with Crippen LogP contribution < -0.4 is 10.4 Å². The quantitative estimate of drug-likeness (QED) is 0.148. The number of rotatable bonds is 10. The first-order valence-electron chi connectivity index (χ1n) is 22.1. The number of thioether (sulfide) groups is 1. The molecule has 5 heterocycles. The Morgan fingerprint density at radius 2 is 1.30 bits per heavy atom. The van der Waals surface area contributed by atoms with E-state index in [2.05, 4.69) is 87.7 Å². The highest BCUT2D eigenvalue weighted by Crippen LogP contribution is 2.50. The smallest absolute Gasteiger partial charge is 0.261 e. The molecule has 11 nitrogen and oxygen atoms in total. The van der Waals surface area contributed by atoms with Gasteiger partial charge in [0.05, 0.1) is 13.2 Å². The summed E-state index contributed by atoms with van der Waals surface area (Å²) in [6, 6.07) is 31.5. The zero-order chi connectivity index (χ0) is 42.7. The Morgan fingerprint density at radius 3 is 1.89 bits per heavy atom. The van der Waals surface area contributed by atoms with Crippen LogP contribution in [-0.4, -0.2) is 106 Å². The van der Waals surface area contributed by atoms with E-state index in [0.29, 0.717) is 6.61 Å². The molecule has 9 rings (SSSR count). The van der Waals surface area contributed by atoms with Crippen molar-refractivity contribution in [2.24, 2.45) is 0 Å². The van der Waals surface area contributed by atoms with Crippen LogP contribution in [0.4, 0.5) is 0 Å². The van der Waals surface area contributed by atoms with Crippen LogP contribution in [0.5, 0.6) is 0 Å². The van der Waals surface area contributed by atoms with Crippen molar-refractivity contribution < 1.29 is 51.8 Å². The molecule has 10 atom stereocenters. The van der Waals surface area contributed by atoms with Crippen molar-refractivity contribution in [1.82, 2.24) is 0 Å². The molecule has 61 heavy (non-hydrogen) atoms. The lowest BCUT2D eigenvalue weighted by molar-refractivity contribution is -0.386. The molecule has 6 aliphatic rings. The van der Waals surface area contributed by atoms with E-state index in [9.17, 15) is 0 Å². The van der Waals surface area contributed by atoms with E-state index in [-0.39, 0.29) is 18.3 Å². The van der Waals surface area contributed by atoms with E-state index in [1.54, 1.807) is 11.8 Å². The summed E-state index contributed by atoms with van der Waals surface area (Å²) in [6.45, 7) is 15.3. The van der Waals surface area contributed by atoms with Crippen LogP contribution in [-0.2, 0) is 51.8 Å². The van der Waals surface area contributed by atoms with Crippen molar-refractivity contribution in [1.29, 1.82) is 0 Å². The fourth-order valence-corrected chi connectivity index (χ4v) is 15.8. The second kappa shape index (κ2) is 17.0. The SMILES string of the molecule is CS[C@H]1O[C@@H]2COC3(CCCCC3)O[C@H]2[C@H](O[Si](c2ccccc2)(c2ccccc2)C(C)(C)C)[C@@H]1O[C@@H](O[C@H]1[C@@H]2OC(C)(C)O[C@@H]2CO[C@@]12COC(C)(C)O2)c1ccccc1. The van der Waals surface area contributed by atoms with Gasteiger partial charge in [0.2, 0.25) is 5.79 Å². The molecule has 332 valence electrons. The topological polar surface area (TPSA) is 102 Å². The van der Waals surface area contributed by atoms with Crippen molar-refractivity contribution in [2.75, 3.05) is 26.1 Å². The van der Waals surface area contributed by atoms with Crippen LogP contribution in [0.3, 0.4) is 0 Å². The van der Waals surface area contributed by atoms with Crippen molar-refractivity contribution in [3.05, 3.63) is 96.6 Å². The summed E-state index contributed by atoms with van der Waals surface area (Å²) in [6.07, 6.45) is 2.00. The van der Waals surface area contributed by atoms with Crippen LogP contribution in [0.1, 0.15) is 92.4 Å². The Kier molecular flexibility index (Phi) is 12.2. The molecular formula is C48H64O11SSi. The van der Waals surface area contributed by atoms with Gasteiger partial charge in [-0.2, -0.15) is 0 Å². The molecular weight excluding hydrogens is 813 g/mol. The summed E-state index contributed by atoms with van der Waals surface area (Å²) in [4.78, 5) is 0. The number of benzene rings is 3. The lowest BCUT2D eigenvalue weighted by Crippen LogP contribution is -2.73. The fraction of sp³-hybridized carbons (Fsp3) is 0.625. The van der Waals surface area contributed by atoms with E-state index < -0.39 is 85.9 Å². The van der Waals surface area contributed by atoms with E-state index in [1.165, 1.54) is 10.4 Å². The van der Waals surface area contributed by atoms with Gasteiger partial charge in [-0.15, -0.1) is 11.8 Å². The van der Waals surface area contributed by atoms with Gasteiger partial charge >= 0.3 is 0 Å². The molecule has 6 fully saturated rings. The molecule has 2 spiro atoms. The van der Waals surface area contributed by atoms with E-state index >= 15 is 0 Å². The Morgan fingerprint density at radius 1 is 0.672 bits per heavy atom. The number of hydrogen-bond acceptors (Lipinski definition) is 12. The predicted octanol–water partition coefficient (Wildman–Crippen LogP) is 7.59. The maximum absolute atomic E-state index is 8.18. The maximum Gasteiger partial charge on any atom is 0.261 e. The van der Waals surface area contributed by atoms with Crippen molar-refractivity contribution in [2.45, 2.75) is 163 Å². The minimum Gasteiger partial charge on any atom is -0.399 e. The molecule has 0 bridgehead atoms. The number of fused-ring (bicyclic) bond motifs is 2. The minimum absolute atomic E-state index is 0.137. The van der Waals surface area contributed by atoms with Crippen molar-refractivity contribution >= 4 is 30.5 Å². The first-order chi connectivity index (χ1) is 29.2. The highest BCUT2D eigenvalue weighted by atomic mass is 32.2. The predicted molar refractivity (Wildman–Crippen MR) is 234 cm³/mol. The summed E-state index contributed by atoms with van der Waals surface area (Å²) >= 11 is 1.59. The van der Waals surface area contributed by atoms with E-state index in [0.717, 1.165) is 37.7 Å². The van der Waals surface area contributed by atoms with Crippen LogP contribution in [0.15, 0.2) is 91.0 Å². The number of hydrogen-bond donors (Lipinski definition) is 0. The average molecular weight is 877 g/mol. The zero-order valence-electron chi connectivity index (χ0n) is 36.9. The van der Waals surface area contributed by atoms with Gasteiger partial charge in [0.1, 0.15) is 54.8 Å². The fourth-order valence-electron chi connectivity index (χ4n) is 10.4. The van der Waals surface area contributed by atoms with Gasteiger partial charge < -0.3 is 51.8 Å². The molecule has 5 saturated heterocycles. The van der Waals surface area contributed by atoms with Gasteiger partial charge in [-0.25, -0.2) is 0 Å². The average Bonchev–Trinajstić information content (AvgIpc) is 3.75. The van der Waals surface area contributed by atoms with E-state index in [4.69, 9.17) is 51.8 Å². The van der Waals surface area contributed by atoms with Crippen molar-refractivity contribution in [3.8, 4) is 0 Å². The summed E-state index contributed by atoms with van der Waals surface area (Å²) in [7, 11) is -3.21. The highest BCUT2D eigenvalue weighted by molar-refractivity contribution is 7.99. The molecule has 1 saturated carbocycles. The molecule has 0 radical (unpaired) electrons. The minimum atomic E-state index is -3.21. The van der Waals surface area contributed by atoms with Gasteiger partial charge in [0.25, 0.3) is 8.32 Å². The maximum atomic E-state index is 8.18. The van der Waals surface area contributed by atoms with Gasteiger partial charge in [-0.1, -0.05) is 118 Å². The Balaban J connectivity index is 1.17. The Labute approximate surface area is 366 Å². The summed E-state index contributed by atoms with van der Waals surface area (Å²) < 4.78 is 76.6. The van der Waals surface area contributed by atoms with Crippen LogP contribution in [0.25, 0.3) is 0 Å². The second-order valence-corrected chi connectivity index (χ2v) is 24.5. The van der Waals surface area contributed by atoms with Gasteiger partial charge in [-0.05, 0) is 62.2 Å². The third kappa shape index (κ3) is 8.46. The summed E-state index contributed by atoms with van der Waals surface area (Å²) in [5.74, 6) is -3.81. The number of ether oxygens (including phenoxy) is 10. The summed E-state index contributed by atoms with van der Waals surface area (Å²) in [5, 5.41) is 2.01. The lowest BCUT2D eigenvalue weighted by atomic mass is 9.90. The monoisotopic (exact) mass is 876 g/mol. The third-order valence-electron chi connectivity index (χ3n) is 13.1. The molecule has 0 unspecified atom stereocenters. The first kappa shape index (κ1) is 44.0. The molecule has 0 aromatic heterocycles. The van der Waals surface area contributed by atoms with Gasteiger partial charge in [0, 0.05) is 18.4 Å². The normalized spacial score (nSPS) is 34.8. The van der Waals surface area contributed by atoms with Crippen LogP contribution in [0, 0.1) is 0 Å².